The summed E-state index contributed by atoms with van der Waals surface area (Å²) < 4.78 is 19.9. The van der Waals surface area contributed by atoms with Crippen LogP contribution < -0.4 is 4.74 Å². The molecule has 4 nitrogen and oxygen atoms in total. The summed E-state index contributed by atoms with van der Waals surface area (Å²) in [5.41, 5.74) is 2.80. The number of allylic oxidation sites excluding steroid dienone is 1. The van der Waals surface area contributed by atoms with E-state index < -0.39 is 5.82 Å². The highest BCUT2D eigenvalue weighted by Crippen LogP contribution is 2.35. The van der Waals surface area contributed by atoms with Gasteiger partial charge in [0, 0.05) is 5.56 Å². The van der Waals surface area contributed by atoms with Crippen molar-refractivity contribution in [3.63, 3.8) is 0 Å². The van der Waals surface area contributed by atoms with Gasteiger partial charge in [-0.2, -0.15) is 0 Å². The molecule has 0 radical (unpaired) electrons. The summed E-state index contributed by atoms with van der Waals surface area (Å²) in [5, 5.41) is 9.37. The second kappa shape index (κ2) is 5.42. The number of aromatic nitrogens is 2. The van der Waals surface area contributed by atoms with E-state index in [0.717, 1.165) is 17.6 Å². The minimum absolute atomic E-state index is 0.0455. The van der Waals surface area contributed by atoms with Crippen LogP contribution in [-0.4, -0.2) is 15.1 Å². The number of nitrogens with zero attached hydrogens (tertiary/aromatic N) is 2. The smallest absolute Gasteiger partial charge is 0.229 e. The van der Waals surface area contributed by atoms with Crippen molar-refractivity contribution >= 4 is 17.7 Å². The van der Waals surface area contributed by atoms with E-state index in [2.05, 4.69) is 9.97 Å². The van der Waals surface area contributed by atoms with Crippen LogP contribution in [0.15, 0.2) is 24.0 Å². The van der Waals surface area contributed by atoms with E-state index in [0.29, 0.717) is 5.56 Å². The lowest BCUT2D eigenvalue weighted by Gasteiger charge is -2.11. The van der Waals surface area contributed by atoms with Crippen molar-refractivity contribution in [3.8, 4) is 11.6 Å². The van der Waals surface area contributed by atoms with Crippen LogP contribution in [0.25, 0.3) is 6.08 Å². The molecule has 0 saturated carbocycles. The number of aliphatic hydroxyl groups excluding tert-OH is 1. The molecule has 0 spiro atoms. The molecule has 3 rings (SSSR count). The van der Waals surface area contributed by atoms with E-state index in [4.69, 9.17) is 16.3 Å². The number of rotatable bonds is 3. The highest BCUT2D eigenvalue weighted by atomic mass is 35.5. The average molecular weight is 307 g/mol. The molecule has 0 unspecified atom stereocenters. The van der Waals surface area contributed by atoms with Gasteiger partial charge in [0.15, 0.2) is 11.6 Å². The molecule has 2 aromatic rings. The van der Waals surface area contributed by atoms with Gasteiger partial charge in [0.2, 0.25) is 5.88 Å². The third-order valence-corrected chi connectivity index (χ3v) is 3.64. The number of benzene rings is 1. The van der Waals surface area contributed by atoms with Crippen molar-refractivity contribution in [1.82, 2.24) is 9.97 Å². The van der Waals surface area contributed by atoms with Gasteiger partial charge < -0.3 is 9.84 Å². The molecular weight excluding hydrogens is 295 g/mol. The van der Waals surface area contributed by atoms with Crippen molar-refractivity contribution in [1.29, 1.82) is 0 Å². The van der Waals surface area contributed by atoms with Gasteiger partial charge in [0.1, 0.15) is 11.5 Å². The number of halogens is 2. The monoisotopic (exact) mass is 306 g/mol. The minimum atomic E-state index is -0.442. The van der Waals surface area contributed by atoms with E-state index in [1.807, 2.05) is 13.0 Å². The van der Waals surface area contributed by atoms with Crippen molar-refractivity contribution in [2.75, 3.05) is 0 Å². The lowest BCUT2D eigenvalue weighted by Crippen LogP contribution is -2.00. The van der Waals surface area contributed by atoms with Gasteiger partial charge in [-0.3, -0.25) is 0 Å². The SMILES string of the molecule is CC1=Cc2c(ccc(Oc3ncnc(Cl)c3CO)c2F)C1. The molecule has 1 aliphatic rings. The maximum atomic E-state index is 14.5. The van der Waals surface area contributed by atoms with Crippen molar-refractivity contribution in [2.24, 2.45) is 0 Å². The Morgan fingerprint density at radius 1 is 1.38 bits per heavy atom. The van der Waals surface area contributed by atoms with Gasteiger partial charge in [-0.05, 0) is 25.0 Å². The first-order chi connectivity index (χ1) is 10.1. The van der Waals surface area contributed by atoms with Gasteiger partial charge in [-0.1, -0.05) is 29.3 Å². The second-order valence-corrected chi connectivity index (χ2v) is 5.18. The largest absolute Gasteiger partial charge is 0.435 e. The van der Waals surface area contributed by atoms with Gasteiger partial charge in [-0.25, -0.2) is 14.4 Å². The Morgan fingerprint density at radius 2 is 2.19 bits per heavy atom. The normalized spacial score (nSPS) is 13.0. The Balaban J connectivity index is 2.01. The summed E-state index contributed by atoms with van der Waals surface area (Å²) in [6.45, 7) is 1.56. The van der Waals surface area contributed by atoms with Crippen LogP contribution in [-0.2, 0) is 13.0 Å². The van der Waals surface area contributed by atoms with Crippen molar-refractivity contribution < 1.29 is 14.2 Å². The molecule has 1 aromatic heterocycles. The number of fused-ring (bicyclic) bond motifs is 1. The zero-order valence-corrected chi connectivity index (χ0v) is 12.0. The maximum absolute atomic E-state index is 14.5. The van der Waals surface area contributed by atoms with Crippen LogP contribution >= 0.6 is 11.6 Å². The third kappa shape index (κ3) is 2.50. The molecule has 0 amide bonds. The predicted octanol–water partition coefficient (Wildman–Crippen LogP) is 3.51. The number of aliphatic hydroxyl groups is 1. The number of ether oxygens (including phenoxy) is 1. The topological polar surface area (TPSA) is 55.2 Å². The second-order valence-electron chi connectivity index (χ2n) is 4.83. The van der Waals surface area contributed by atoms with Crippen LogP contribution in [0.2, 0.25) is 5.15 Å². The summed E-state index contributed by atoms with van der Waals surface area (Å²) in [6, 6.07) is 3.37. The fourth-order valence-electron chi connectivity index (χ4n) is 2.30. The van der Waals surface area contributed by atoms with Crippen LogP contribution in [0.5, 0.6) is 11.6 Å². The summed E-state index contributed by atoms with van der Waals surface area (Å²) >= 11 is 5.85. The first-order valence-electron chi connectivity index (χ1n) is 6.36. The fourth-order valence-corrected chi connectivity index (χ4v) is 2.49. The molecule has 0 fully saturated rings. The Hall–Kier alpha value is -1.98. The van der Waals surface area contributed by atoms with E-state index in [1.54, 1.807) is 12.1 Å². The molecule has 0 atom stereocenters. The third-order valence-electron chi connectivity index (χ3n) is 3.31. The summed E-state index contributed by atoms with van der Waals surface area (Å²) in [4.78, 5) is 7.65. The molecule has 1 N–H and O–H groups in total. The predicted molar refractivity (Wildman–Crippen MR) is 76.8 cm³/mol. The Kier molecular flexibility index (Phi) is 3.61. The summed E-state index contributed by atoms with van der Waals surface area (Å²) in [6.07, 6.45) is 3.75. The van der Waals surface area contributed by atoms with Crippen LogP contribution in [0, 0.1) is 5.82 Å². The zero-order chi connectivity index (χ0) is 15.0. The Bertz CT molecular complexity index is 747. The molecule has 1 aliphatic carbocycles. The van der Waals surface area contributed by atoms with Gasteiger partial charge in [0.25, 0.3) is 0 Å². The minimum Gasteiger partial charge on any atom is -0.435 e. The van der Waals surface area contributed by atoms with Crippen LogP contribution in [0.3, 0.4) is 0 Å². The standard InChI is InChI=1S/C15H12ClFN2O2/c1-8-4-9-2-3-12(13(17)10(9)5-8)21-15-11(6-20)14(16)18-7-19-15/h2-3,5,7,20H,4,6H2,1H3. The molecule has 0 bridgehead atoms. The molecule has 0 saturated heterocycles. The van der Waals surface area contributed by atoms with Crippen LogP contribution in [0.4, 0.5) is 4.39 Å². The van der Waals surface area contributed by atoms with Crippen molar-refractivity contribution in [2.45, 2.75) is 20.0 Å². The molecular formula is C15H12ClFN2O2. The first kappa shape index (κ1) is 14.0. The van der Waals surface area contributed by atoms with E-state index in [1.165, 1.54) is 6.33 Å². The van der Waals surface area contributed by atoms with Gasteiger partial charge in [-0.15, -0.1) is 0 Å². The quantitative estimate of drug-likeness (QED) is 0.882. The number of hydrogen-bond donors (Lipinski definition) is 1. The zero-order valence-electron chi connectivity index (χ0n) is 11.2. The van der Waals surface area contributed by atoms with Crippen LogP contribution in [0.1, 0.15) is 23.6 Å². The first-order valence-corrected chi connectivity index (χ1v) is 6.74. The van der Waals surface area contributed by atoms with Gasteiger partial charge >= 0.3 is 0 Å². The van der Waals surface area contributed by atoms with E-state index in [9.17, 15) is 9.50 Å². The average Bonchev–Trinajstić information content (AvgIpc) is 2.84. The highest BCUT2D eigenvalue weighted by Gasteiger charge is 2.19. The molecule has 0 aliphatic heterocycles. The molecule has 21 heavy (non-hydrogen) atoms. The van der Waals surface area contributed by atoms with E-state index in [-0.39, 0.29) is 29.0 Å². The Morgan fingerprint density at radius 3 is 2.95 bits per heavy atom. The summed E-state index contributed by atoms with van der Waals surface area (Å²) in [7, 11) is 0. The van der Waals surface area contributed by atoms with Gasteiger partial charge in [0.05, 0.1) is 12.2 Å². The molecule has 1 aromatic carbocycles. The van der Waals surface area contributed by atoms with Crippen molar-refractivity contribution in [3.05, 3.63) is 51.7 Å². The molecule has 108 valence electrons. The maximum Gasteiger partial charge on any atom is 0.229 e. The molecule has 6 heteroatoms. The number of hydrogen-bond acceptors (Lipinski definition) is 4. The Labute approximate surface area is 125 Å². The fraction of sp³-hybridized carbons (Fsp3) is 0.200. The lowest BCUT2D eigenvalue weighted by atomic mass is 10.1. The molecule has 1 heterocycles. The van der Waals surface area contributed by atoms with E-state index >= 15 is 0 Å². The summed E-state index contributed by atoms with van der Waals surface area (Å²) in [5.74, 6) is -0.345. The highest BCUT2D eigenvalue weighted by molar-refractivity contribution is 6.30. The lowest BCUT2D eigenvalue weighted by molar-refractivity contribution is 0.273.